The standard InChI is InChI=1S/C36H35Cl2F3N4O5/c1-21-29(18-44-20-43-31(37)32(44)38)49-34(50-30(21)24-10-8-22(19-46)9-11-24)25-14-12-23(13-15-25)27-6-3-2-5-26(27)17-42-33(47)28-7-4-16-45(28)35(48)36(39,40)41/h2-3,5-6,8-15,20-21,28-30,34,46H,4,7,16-19H2,1H3,(H,42,47). The molecule has 0 radical (unpaired) electrons. The fraction of sp³-hybridized carbons (Fsp3) is 0.361. The molecule has 14 heteroatoms. The molecule has 2 fully saturated rings. The minimum absolute atomic E-state index is 0.0628. The van der Waals surface area contributed by atoms with Crippen LogP contribution < -0.4 is 5.32 Å². The summed E-state index contributed by atoms with van der Waals surface area (Å²) in [7, 11) is 0. The summed E-state index contributed by atoms with van der Waals surface area (Å²) < 4.78 is 54.1. The SMILES string of the molecule is CC1C(Cn2cnc(Cl)c2Cl)OC(c2ccc(-c3ccccc3CNC(=O)C3CCCN3C(=O)C(F)(F)F)cc2)OC1c1ccc(CO)cc1. The van der Waals surface area contributed by atoms with E-state index in [0.717, 1.165) is 33.4 Å². The number of carbonyl (C=O) groups excluding carboxylic acids is 2. The Balaban J connectivity index is 1.20. The number of aromatic nitrogens is 2. The lowest BCUT2D eigenvalue weighted by atomic mass is 9.90. The molecule has 1 aromatic heterocycles. The summed E-state index contributed by atoms with van der Waals surface area (Å²) in [4.78, 5) is 29.5. The van der Waals surface area contributed by atoms with E-state index in [4.69, 9.17) is 32.7 Å². The Labute approximate surface area is 296 Å². The predicted octanol–water partition coefficient (Wildman–Crippen LogP) is 7.01. The smallest absolute Gasteiger partial charge is 0.392 e. The van der Waals surface area contributed by atoms with Crippen molar-refractivity contribution in [2.75, 3.05) is 6.54 Å². The number of nitrogens with zero attached hydrogens (tertiary/aromatic N) is 3. The van der Waals surface area contributed by atoms with Crippen LogP contribution in [-0.2, 0) is 38.8 Å². The third kappa shape index (κ3) is 7.69. The lowest BCUT2D eigenvalue weighted by Gasteiger charge is -2.41. The van der Waals surface area contributed by atoms with E-state index >= 15 is 0 Å². The lowest BCUT2D eigenvalue weighted by Crippen LogP contribution is -2.50. The maximum Gasteiger partial charge on any atom is 0.471 e. The summed E-state index contributed by atoms with van der Waals surface area (Å²) >= 11 is 12.5. The average Bonchev–Trinajstić information content (AvgIpc) is 3.74. The third-order valence-corrected chi connectivity index (χ3v) is 10.0. The van der Waals surface area contributed by atoms with Crippen molar-refractivity contribution >= 4 is 35.0 Å². The number of aliphatic hydroxyl groups is 1. The second kappa shape index (κ2) is 15.1. The van der Waals surface area contributed by atoms with Crippen LogP contribution in [0.15, 0.2) is 79.1 Å². The maximum absolute atomic E-state index is 13.1. The van der Waals surface area contributed by atoms with Crippen LogP contribution in [0.4, 0.5) is 13.2 Å². The van der Waals surface area contributed by atoms with Gasteiger partial charge in [-0.15, -0.1) is 0 Å². The van der Waals surface area contributed by atoms with Crippen LogP contribution in [0.25, 0.3) is 11.1 Å². The minimum atomic E-state index is -5.04. The summed E-state index contributed by atoms with van der Waals surface area (Å²) in [6.07, 6.45) is -4.42. The number of rotatable bonds is 9. The summed E-state index contributed by atoms with van der Waals surface area (Å²) in [6.45, 7) is 2.29. The molecule has 2 aliphatic rings. The molecule has 2 saturated heterocycles. The van der Waals surface area contributed by atoms with Gasteiger partial charge in [-0.2, -0.15) is 13.2 Å². The topological polar surface area (TPSA) is 106 Å². The Bertz CT molecular complexity index is 1820. The number of aliphatic hydroxyl groups excluding tert-OH is 1. The van der Waals surface area contributed by atoms with E-state index in [1.807, 2.05) is 79.7 Å². The Morgan fingerprint density at radius 2 is 1.70 bits per heavy atom. The normalized spacial score (nSPS) is 22.5. The molecule has 3 aromatic carbocycles. The molecule has 2 aliphatic heterocycles. The molecule has 3 heterocycles. The number of amides is 2. The van der Waals surface area contributed by atoms with Gasteiger partial charge in [-0.25, -0.2) is 4.98 Å². The molecule has 264 valence electrons. The molecule has 50 heavy (non-hydrogen) atoms. The molecule has 0 aliphatic carbocycles. The number of imidazole rings is 1. The van der Waals surface area contributed by atoms with Crippen molar-refractivity contribution in [2.24, 2.45) is 5.92 Å². The molecule has 2 amide bonds. The van der Waals surface area contributed by atoms with Gasteiger partial charge in [-0.3, -0.25) is 9.59 Å². The van der Waals surface area contributed by atoms with Crippen molar-refractivity contribution in [3.05, 3.63) is 112 Å². The molecule has 5 unspecified atom stereocenters. The van der Waals surface area contributed by atoms with Gasteiger partial charge < -0.3 is 29.4 Å². The quantitative estimate of drug-likeness (QED) is 0.192. The van der Waals surface area contributed by atoms with Gasteiger partial charge in [0.1, 0.15) is 11.2 Å². The Morgan fingerprint density at radius 3 is 2.36 bits per heavy atom. The fourth-order valence-corrected chi connectivity index (χ4v) is 6.83. The highest BCUT2D eigenvalue weighted by atomic mass is 35.5. The molecule has 4 aromatic rings. The third-order valence-electron chi connectivity index (χ3n) is 9.26. The summed E-state index contributed by atoms with van der Waals surface area (Å²) in [5.41, 5.74) is 4.89. The van der Waals surface area contributed by atoms with E-state index in [-0.39, 0.29) is 49.4 Å². The molecule has 2 N–H and O–H groups in total. The molecule has 9 nitrogen and oxygen atoms in total. The summed E-state index contributed by atoms with van der Waals surface area (Å²) in [5.74, 6) is -2.73. The second-order valence-corrected chi connectivity index (χ2v) is 13.2. The predicted molar refractivity (Wildman–Crippen MR) is 180 cm³/mol. The van der Waals surface area contributed by atoms with Crippen molar-refractivity contribution < 1.29 is 37.3 Å². The first-order chi connectivity index (χ1) is 23.9. The van der Waals surface area contributed by atoms with Crippen LogP contribution in [0, 0.1) is 5.92 Å². The number of alkyl halides is 3. The van der Waals surface area contributed by atoms with Crippen LogP contribution in [0.3, 0.4) is 0 Å². The second-order valence-electron chi connectivity index (χ2n) is 12.5. The van der Waals surface area contributed by atoms with E-state index in [1.165, 1.54) is 0 Å². The number of nitrogens with one attached hydrogen (secondary N) is 1. The molecule has 0 spiro atoms. The number of hydrogen-bond acceptors (Lipinski definition) is 6. The highest BCUT2D eigenvalue weighted by molar-refractivity contribution is 6.40. The first-order valence-electron chi connectivity index (χ1n) is 16.1. The monoisotopic (exact) mass is 730 g/mol. The van der Waals surface area contributed by atoms with Crippen molar-refractivity contribution in [1.82, 2.24) is 19.8 Å². The van der Waals surface area contributed by atoms with Gasteiger partial charge >= 0.3 is 12.1 Å². The number of benzene rings is 3. The highest BCUT2D eigenvalue weighted by Crippen LogP contribution is 2.43. The Hall–Kier alpha value is -3.94. The zero-order valence-corrected chi connectivity index (χ0v) is 28.5. The molecule has 6 rings (SSSR count). The van der Waals surface area contributed by atoms with E-state index in [9.17, 15) is 27.9 Å². The molecule has 0 saturated carbocycles. The maximum atomic E-state index is 13.1. The Kier molecular flexibility index (Phi) is 10.8. The van der Waals surface area contributed by atoms with E-state index in [2.05, 4.69) is 10.3 Å². The summed E-state index contributed by atoms with van der Waals surface area (Å²) in [6, 6.07) is 21.4. The lowest BCUT2D eigenvalue weighted by molar-refractivity contribution is -0.276. The summed E-state index contributed by atoms with van der Waals surface area (Å²) in [5, 5.41) is 12.8. The fourth-order valence-electron chi connectivity index (χ4n) is 6.51. The molecular weight excluding hydrogens is 696 g/mol. The molecule has 0 bridgehead atoms. The van der Waals surface area contributed by atoms with Crippen LogP contribution in [-0.4, -0.2) is 56.2 Å². The van der Waals surface area contributed by atoms with Gasteiger partial charge in [0.05, 0.1) is 31.7 Å². The van der Waals surface area contributed by atoms with Crippen LogP contribution in [0.5, 0.6) is 0 Å². The van der Waals surface area contributed by atoms with Crippen molar-refractivity contribution in [3.63, 3.8) is 0 Å². The van der Waals surface area contributed by atoms with Gasteiger partial charge in [0.2, 0.25) is 5.91 Å². The number of ether oxygens (including phenoxy) is 2. The van der Waals surface area contributed by atoms with Gasteiger partial charge in [0.25, 0.3) is 0 Å². The van der Waals surface area contributed by atoms with Crippen LogP contribution in [0.1, 0.15) is 54.4 Å². The van der Waals surface area contributed by atoms with E-state index in [1.54, 1.807) is 10.9 Å². The minimum Gasteiger partial charge on any atom is -0.392 e. The first-order valence-corrected chi connectivity index (χ1v) is 16.9. The van der Waals surface area contributed by atoms with Gasteiger partial charge in [-0.1, -0.05) is 103 Å². The van der Waals surface area contributed by atoms with Gasteiger partial charge in [-0.05, 0) is 40.7 Å². The van der Waals surface area contributed by atoms with E-state index < -0.39 is 30.3 Å². The van der Waals surface area contributed by atoms with Crippen molar-refractivity contribution in [2.45, 2.75) is 70.2 Å². The van der Waals surface area contributed by atoms with Crippen molar-refractivity contribution in [1.29, 1.82) is 0 Å². The van der Waals surface area contributed by atoms with Crippen molar-refractivity contribution in [3.8, 4) is 11.1 Å². The zero-order chi connectivity index (χ0) is 35.6. The molecular formula is C36H35Cl2F3N4O5. The van der Waals surface area contributed by atoms with Crippen LogP contribution >= 0.6 is 23.2 Å². The highest BCUT2D eigenvalue weighted by Gasteiger charge is 2.47. The van der Waals surface area contributed by atoms with Crippen LogP contribution in [0.2, 0.25) is 10.3 Å². The van der Waals surface area contributed by atoms with Gasteiger partial charge in [0.15, 0.2) is 11.4 Å². The molecule has 5 atom stereocenters. The first kappa shape index (κ1) is 35.9. The Morgan fingerprint density at radius 1 is 1.00 bits per heavy atom. The van der Waals surface area contributed by atoms with E-state index in [0.29, 0.717) is 23.0 Å². The largest absolute Gasteiger partial charge is 0.471 e. The zero-order valence-electron chi connectivity index (χ0n) is 26.9. The number of carbonyl (C=O) groups is 2. The number of halogens is 5. The average molecular weight is 732 g/mol. The van der Waals surface area contributed by atoms with Gasteiger partial charge in [0, 0.05) is 24.6 Å². The number of likely N-dealkylation sites (tertiary alicyclic amines) is 1. The number of hydrogen-bond donors (Lipinski definition) is 2.